The lowest BCUT2D eigenvalue weighted by atomic mass is 9.90. The van der Waals surface area contributed by atoms with Crippen LogP contribution in [0.15, 0.2) is 77.7 Å². The van der Waals surface area contributed by atoms with Crippen molar-refractivity contribution < 1.29 is 14.7 Å². The number of aldehydes is 1. The molecule has 0 spiro atoms. The van der Waals surface area contributed by atoms with Gasteiger partial charge in [-0.15, -0.1) is 0 Å². The second kappa shape index (κ2) is 10.2. The maximum absolute atomic E-state index is 12.8. The minimum atomic E-state index is -1.11. The summed E-state index contributed by atoms with van der Waals surface area (Å²) in [7, 11) is 0. The van der Waals surface area contributed by atoms with E-state index >= 15 is 0 Å². The molecule has 1 amide bonds. The Morgan fingerprint density at radius 1 is 1.06 bits per heavy atom. The van der Waals surface area contributed by atoms with Crippen molar-refractivity contribution in [1.82, 2.24) is 9.47 Å². The number of hydrogen-bond donors (Lipinski definition) is 1. The number of nitrogens with zero attached hydrogens (tertiary/aromatic N) is 2. The number of piperidine rings is 1. The van der Waals surface area contributed by atoms with Crippen molar-refractivity contribution in [1.29, 1.82) is 0 Å². The molecule has 0 aliphatic carbocycles. The van der Waals surface area contributed by atoms with Crippen LogP contribution < -0.4 is 5.56 Å². The molecule has 1 atom stereocenters. The Kier molecular flexibility index (Phi) is 7.08. The van der Waals surface area contributed by atoms with E-state index < -0.39 is 5.60 Å². The van der Waals surface area contributed by atoms with Gasteiger partial charge in [0.25, 0.3) is 5.56 Å². The zero-order chi connectivity index (χ0) is 24.1. The second-order valence-corrected chi connectivity index (χ2v) is 9.21. The molecule has 1 aliphatic rings. The first-order chi connectivity index (χ1) is 16.4. The Morgan fingerprint density at radius 3 is 2.29 bits per heavy atom. The second-order valence-electron chi connectivity index (χ2n) is 9.21. The first kappa shape index (κ1) is 23.6. The van der Waals surface area contributed by atoms with Gasteiger partial charge in [-0.2, -0.15) is 0 Å². The predicted molar refractivity (Wildman–Crippen MR) is 132 cm³/mol. The summed E-state index contributed by atoms with van der Waals surface area (Å²) in [5.41, 5.74) is 1.53. The molecule has 6 nitrogen and oxygen atoms in total. The Balaban J connectivity index is 1.41. The van der Waals surface area contributed by atoms with Crippen LogP contribution in [-0.2, 0) is 11.3 Å². The van der Waals surface area contributed by atoms with Gasteiger partial charge < -0.3 is 14.6 Å². The van der Waals surface area contributed by atoms with Crippen LogP contribution in [0.5, 0.6) is 0 Å². The lowest BCUT2D eigenvalue weighted by Gasteiger charge is -2.39. The molecule has 0 saturated carbocycles. The van der Waals surface area contributed by atoms with Gasteiger partial charge in [-0.1, -0.05) is 67.6 Å². The van der Waals surface area contributed by atoms with E-state index in [9.17, 15) is 19.5 Å². The van der Waals surface area contributed by atoms with Crippen LogP contribution in [0, 0.1) is 0 Å². The average molecular weight is 459 g/mol. The Hall–Kier alpha value is -3.51. The fraction of sp³-hybridized carbons (Fsp3) is 0.321. The van der Waals surface area contributed by atoms with Crippen LogP contribution in [0.3, 0.4) is 0 Å². The van der Waals surface area contributed by atoms with E-state index in [0.717, 1.165) is 17.4 Å². The normalized spacial score (nSPS) is 16.1. The molecule has 1 aliphatic heterocycles. The van der Waals surface area contributed by atoms with Crippen molar-refractivity contribution in [3.05, 3.63) is 94.4 Å². The van der Waals surface area contributed by atoms with Gasteiger partial charge in [-0.3, -0.25) is 14.4 Å². The predicted octanol–water partition coefficient (Wildman–Crippen LogP) is 3.88. The standard InChI is InChI=1S/C28H30N2O4/c1-21(22-8-4-2-5-9-22)16-26(32)29-14-12-28(34,13-15-29)20-30-18-24(19-31)25(17-27(30)33)23-10-6-3-7-11-23/h2-11,17-19,21,34H,12-16,20H2,1H3/t21-/m1/s1. The molecular weight excluding hydrogens is 428 g/mol. The van der Waals surface area contributed by atoms with E-state index in [1.165, 1.54) is 16.8 Å². The SMILES string of the molecule is C[C@H](CC(=O)N1CCC(O)(Cn2cc(C=O)c(-c3ccccc3)cc2=O)CC1)c1ccccc1. The molecule has 34 heavy (non-hydrogen) atoms. The number of pyridine rings is 1. The van der Waals surface area contributed by atoms with Gasteiger partial charge in [0.15, 0.2) is 6.29 Å². The number of amides is 1. The van der Waals surface area contributed by atoms with Gasteiger partial charge in [-0.05, 0) is 35.4 Å². The summed E-state index contributed by atoms with van der Waals surface area (Å²) in [6, 6.07) is 20.7. The third-order valence-electron chi connectivity index (χ3n) is 6.73. The van der Waals surface area contributed by atoms with Crippen LogP contribution in [0.1, 0.15) is 48.0 Å². The molecule has 6 heteroatoms. The number of hydrogen-bond acceptors (Lipinski definition) is 4. The van der Waals surface area contributed by atoms with Gasteiger partial charge in [0, 0.05) is 37.3 Å². The maximum Gasteiger partial charge on any atom is 0.251 e. The van der Waals surface area contributed by atoms with Crippen molar-refractivity contribution in [2.75, 3.05) is 13.1 Å². The lowest BCUT2D eigenvalue weighted by Crippen LogP contribution is -2.49. The van der Waals surface area contributed by atoms with E-state index in [4.69, 9.17) is 0 Å². The fourth-order valence-corrected chi connectivity index (χ4v) is 4.61. The highest BCUT2D eigenvalue weighted by atomic mass is 16.3. The van der Waals surface area contributed by atoms with Gasteiger partial charge in [0.05, 0.1) is 12.1 Å². The minimum absolute atomic E-state index is 0.0750. The highest BCUT2D eigenvalue weighted by Gasteiger charge is 2.35. The van der Waals surface area contributed by atoms with Crippen LogP contribution in [0.25, 0.3) is 11.1 Å². The molecule has 1 fully saturated rings. The molecule has 176 valence electrons. The van der Waals surface area contributed by atoms with Crippen LogP contribution in [0.2, 0.25) is 0 Å². The topological polar surface area (TPSA) is 79.6 Å². The number of rotatable bonds is 7. The molecule has 1 aromatic heterocycles. The van der Waals surface area contributed by atoms with E-state index in [-0.39, 0.29) is 23.9 Å². The smallest absolute Gasteiger partial charge is 0.251 e. The fourth-order valence-electron chi connectivity index (χ4n) is 4.61. The zero-order valence-electron chi connectivity index (χ0n) is 19.4. The van der Waals surface area contributed by atoms with Crippen LogP contribution >= 0.6 is 0 Å². The minimum Gasteiger partial charge on any atom is -0.388 e. The van der Waals surface area contributed by atoms with Crippen molar-refractivity contribution in [3.8, 4) is 11.1 Å². The summed E-state index contributed by atoms with van der Waals surface area (Å²) in [4.78, 5) is 39.1. The first-order valence-corrected chi connectivity index (χ1v) is 11.7. The molecule has 2 aromatic carbocycles. The summed E-state index contributed by atoms with van der Waals surface area (Å²) in [5, 5.41) is 11.2. The largest absolute Gasteiger partial charge is 0.388 e. The molecule has 0 unspecified atom stereocenters. The van der Waals surface area contributed by atoms with Gasteiger partial charge in [0.2, 0.25) is 5.91 Å². The first-order valence-electron chi connectivity index (χ1n) is 11.7. The van der Waals surface area contributed by atoms with Gasteiger partial charge in [-0.25, -0.2) is 0 Å². The molecule has 0 bridgehead atoms. The van der Waals surface area contributed by atoms with E-state index in [0.29, 0.717) is 43.5 Å². The number of carbonyl (C=O) groups is 2. The van der Waals surface area contributed by atoms with Gasteiger partial charge in [0.1, 0.15) is 0 Å². The quantitative estimate of drug-likeness (QED) is 0.545. The summed E-state index contributed by atoms with van der Waals surface area (Å²) in [5.74, 6) is 0.198. The number of aromatic nitrogens is 1. The number of benzene rings is 2. The average Bonchev–Trinajstić information content (AvgIpc) is 2.86. The Morgan fingerprint density at radius 2 is 1.68 bits per heavy atom. The monoisotopic (exact) mass is 458 g/mol. The third-order valence-corrected chi connectivity index (χ3v) is 6.73. The van der Waals surface area contributed by atoms with E-state index in [1.807, 2.05) is 67.6 Å². The highest BCUT2D eigenvalue weighted by molar-refractivity contribution is 5.86. The number of aliphatic hydroxyl groups is 1. The summed E-state index contributed by atoms with van der Waals surface area (Å²) in [6.45, 7) is 3.01. The summed E-state index contributed by atoms with van der Waals surface area (Å²) >= 11 is 0. The van der Waals surface area contributed by atoms with Crippen molar-refractivity contribution >= 4 is 12.2 Å². The third kappa shape index (κ3) is 5.34. The molecule has 1 saturated heterocycles. The Bertz CT molecular complexity index is 1200. The Labute approximate surface area is 199 Å². The molecule has 2 heterocycles. The van der Waals surface area contributed by atoms with Crippen LogP contribution in [-0.4, -0.2) is 45.5 Å². The highest BCUT2D eigenvalue weighted by Crippen LogP contribution is 2.27. The molecule has 3 aromatic rings. The van der Waals surface area contributed by atoms with E-state index in [2.05, 4.69) is 0 Å². The van der Waals surface area contributed by atoms with Crippen molar-refractivity contribution in [3.63, 3.8) is 0 Å². The number of likely N-dealkylation sites (tertiary alicyclic amines) is 1. The molecule has 0 radical (unpaired) electrons. The maximum atomic E-state index is 12.8. The molecular formula is C28H30N2O4. The summed E-state index contributed by atoms with van der Waals surface area (Å²) < 4.78 is 1.41. The van der Waals surface area contributed by atoms with E-state index in [1.54, 1.807) is 4.90 Å². The van der Waals surface area contributed by atoms with Crippen LogP contribution in [0.4, 0.5) is 0 Å². The lowest BCUT2D eigenvalue weighted by molar-refractivity contribution is -0.136. The summed E-state index contributed by atoms with van der Waals surface area (Å²) in [6.07, 6.45) is 3.43. The van der Waals surface area contributed by atoms with Crippen molar-refractivity contribution in [2.24, 2.45) is 0 Å². The number of carbonyl (C=O) groups excluding carboxylic acids is 2. The zero-order valence-corrected chi connectivity index (χ0v) is 19.4. The molecule has 4 rings (SSSR count). The van der Waals surface area contributed by atoms with Crippen molar-refractivity contribution in [2.45, 2.75) is 44.2 Å². The molecule has 1 N–H and O–H groups in total. The van der Waals surface area contributed by atoms with Gasteiger partial charge >= 0.3 is 0 Å².